The zero-order valence-corrected chi connectivity index (χ0v) is 32.0. The van der Waals surface area contributed by atoms with Gasteiger partial charge in [-0.05, 0) is 75.8 Å². The van der Waals surface area contributed by atoms with E-state index < -0.39 is 23.7 Å². The summed E-state index contributed by atoms with van der Waals surface area (Å²) in [6.07, 6.45) is 3.22. The molecule has 0 spiro atoms. The van der Waals surface area contributed by atoms with Crippen molar-refractivity contribution < 1.29 is 23.6 Å². The summed E-state index contributed by atoms with van der Waals surface area (Å²) in [5.74, 6) is 0.797. The fraction of sp³-hybridized carbons (Fsp3) is 0.524. The smallest absolute Gasteiger partial charge is 0.237 e. The number of ketones is 1. The van der Waals surface area contributed by atoms with E-state index in [1.165, 1.54) is 5.56 Å². The third kappa shape index (κ3) is 12.7. The summed E-state index contributed by atoms with van der Waals surface area (Å²) < 4.78 is 10.7. The Labute approximate surface area is 309 Å². The Morgan fingerprint density at radius 2 is 1.44 bits per heavy atom. The van der Waals surface area contributed by atoms with Gasteiger partial charge in [0, 0.05) is 23.8 Å². The molecule has 6 atom stereocenters. The lowest BCUT2D eigenvalue weighted by atomic mass is 9.92. The molecule has 4 rings (SSSR count). The minimum absolute atomic E-state index is 0.00240. The van der Waals surface area contributed by atoms with Gasteiger partial charge in [-0.1, -0.05) is 100 Å². The summed E-state index contributed by atoms with van der Waals surface area (Å²) in [4.78, 5) is 41.1. The van der Waals surface area contributed by atoms with Gasteiger partial charge in [0.15, 0.2) is 5.78 Å². The quantitative estimate of drug-likeness (QED) is 0.0983. The highest BCUT2D eigenvalue weighted by molar-refractivity contribution is 5.94. The van der Waals surface area contributed by atoms with E-state index in [1.807, 2.05) is 62.4 Å². The highest BCUT2D eigenvalue weighted by Gasteiger charge is 2.50. The lowest BCUT2D eigenvalue weighted by Crippen LogP contribution is -2.57. The molecule has 52 heavy (non-hydrogen) atoms. The molecule has 2 amide bonds. The molecular formula is C42H59N5O5. The van der Waals surface area contributed by atoms with Crippen molar-refractivity contribution in [2.24, 2.45) is 11.8 Å². The number of ether oxygens (including phenoxy) is 1. The average Bonchev–Trinajstić information content (AvgIpc) is 3.73. The van der Waals surface area contributed by atoms with Crippen molar-refractivity contribution in [3.05, 3.63) is 102 Å². The SMILES string of the molecule is C=C(NC(CC(C)C)C(=O)C1(C)CO1)C(Cc1ccccc1)NC(=O)C(CC(C)C)NC(C)C(CCc1ccccc1)NC(=O)Cc1cc(C)on1. The van der Waals surface area contributed by atoms with Gasteiger partial charge < -0.3 is 30.5 Å². The first-order valence-corrected chi connectivity index (χ1v) is 18.7. The van der Waals surface area contributed by atoms with Crippen molar-refractivity contribution in [2.75, 3.05) is 6.61 Å². The van der Waals surface area contributed by atoms with E-state index in [9.17, 15) is 14.4 Å². The predicted octanol–water partition coefficient (Wildman–Crippen LogP) is 5.64. The molecule has 4 N–H and O–H groups in total. The molecule has 1 aromatic heterocycles. The standard InChI is InChI=1S/C42H59N5O5/c1-27(2)21-37(40(49)42(8)26-51-42)43-31(7)36(24-33-17-13-10-14-18-33)46-41(50)38(22-28(3)4)44-30(6)35(20-19-32-15-11-9-12-16-32)45-39(48)25-34-23-29(5)52-47-34/h9-18,23,27-28,30,35-38,43-44H,7,19-22,24-26H2,1-6,8H3,(H,45,48)(H,46,50). The van der Waals surface area contributed by atoms with Crippen LogP contribution in [0.25, 0.3) is 0 Å². The molecule has 0 aliphatic carbocycles. The average molecular weight is 714 g/mol. The molecule has 1 saturated heterocycles. The number of hydrogen-bond acceptors (Lipinski definition) is 8. The Bertz CT molecular complexity index is 1600. The molecule has 10 nitrogen and oxygen atoms in total. The van der Waals surface area contributed by atoms with Crippen LogP contribution in [0.4, 0.5) is 0 Å². The van der Waals surface area contributed by atoms with E-state index in [1.54, 1.807) is 13.0 Å². The van der Waals surface area contributed by atoms with Gasteiger partial charge in [-0.15, -0.1) is 0 Å². The molecule has 2 aromatic carbocycles. The first-order valence-electron chi connectivity index (χ1n) is 18.7. The number of nitrogens with one attached hydrogen (secondary N) is 4. The molecule has 1 aliphatic heterocycles. The summed E-state index contributed by atoms with van der Waals surface area (Å²) in [5.41, 5.74) is 2.57. The van der Waals surface area contributed by atoms with Gasteiger partial charge in [0.25, 0.3) is 0 Å². The van der Waals surface area contributed by atoms with Crippen LogP contribution in [0.5, 0.6) is 0 Å². The molecule has 10 heteroatoms. The van der Waals surface area contributed by atoms with Crippen LogP contribution in [0.3, 0.4) is 0 Å². The normalized spacial score (nSPS) is 18.2. The Morgan fingerprint density at radius 3 is 2.00 bits per heavy atom. The Hall–Kier alpha value is -4.28. The third-order valence-electron chi connectivity index (χ3n) is 9.54. The molecule has 1 fully saturated rings. The van der Waals surface area contributed by atoms with Crippen LogP contribution >= 0.6 is 0 Å². The minimum atomic E-state index is -0.784. The fourth-order valence-corrected chi connectivity index (χ4v) is 6.52. The number of epoxide rings is 1. The van der Waals surface area contributed by atoms with E-state index in [2.05, 4.69) is 72.8 Å². The number of carbonyl (C=O) groups excluding carboxylic acids is 3. The molecular weight excluding hydrogens is 654 g/mol. The number of aryl methyl sites for hydroxylation is 2. The molecule has 2 heterocycles. The van der Waals surface area contributed by atoms with Crippen LogP contribution < -0.4 is 21.3 Å². The highest BCUT2D eigenvalue weighted by Crippen LogP contribution is 2.30. The predicted molar refractivity (Wildman–Crippen MR) is 204 cm³/mol. The Kier molecular flexibility index (Phi) is 14.8. The maximum absolute atomic E-state index is 14.3. The van der Waals surface area contributed by atoms with Crippen LogP contribution in [0.1, 0.15) is 83.4 Å². The number of Topliss-reactive ketones (excluding diaryl/α,β-unsaturated/α-hetero) is 1. The number of hydrogen-bond donors (Lipinski definition) is 4. The molecule has 6 unspecified atom stereocenters. The zero-order valence-electron chi connectivity index (χ0n) is 32.0. The van der Waals surface area contributed by atoms with Crippen LogP contribution in [-0.2, 0) is 38.4 Å². The first kappa shape index (κ1) is 40.5. The molecule has 3 aromatic rings. The molecule has 0 radical (unpaired) electrons. The van der Waals surface area contributed by atoms with Crippen LogP contribution in [0, 0.1) is 18.8 Å². The van der Waals surface area contributed by atoms with Gasteiger partial charge in [-0.25, -0.2) is 0 Å². The van der Waals surface area contributed by atoms with Crippen molar-refractivity contribution in [3.8, 4) is 0 Å². The topological polar surface area (TPSA) is 138 Å². The molecule has 282 valence electrons. The van der Waals surface area contributed by atoms with E-state index >= 15 is 0 Å². The van der Waals surface area contributed by atoms with Crippen LogP contribution in [-0.4, -0.2) is 65.2 Å². The minimum Gasteiger partial charge on any atom is -0.377 e. The van der Waals surface area contributed by atoms with E-state index in [0.29, 0.717) is 49.4 Å². The number of carbonyl (C=O) groups is 3. The van der Waals surface area contributed by atoms with E-state index in [-0.39, 0.29) is 47.9 Å². The summed E-state index contributed by atoms with van der Waals surface area (Å²) >= 11 is 0. The lowest BCUT2D eigenvalue weighted by Gasteiger charge is -2.33. The maximum Gasteiger partial charge on any atom is 0.237 e. The first-order chi connectivity index (χ1) is 24.7. The number of aromatic nitrogens is 1. The summed E-state index contributed by atoms with van der Waals surface area (Å²) in [6, 6.07) is 19.8. The highest BCUT2D eigenvalue weighted by atomic mass is 16.6. The van der Waals surface area contributed by atoms with E-state index in [4.69, 9.17) is 9.26 Å². The van der Waals surface area contributed by atoms with Crippen molar-refractivity contribution >= 4 is 17.6 Å². The van der Waals surface area contributed by atoms with Gasteiger partial charge >= 0.3 is 0 Å². The molecule has 0 bridgehead atoms. The second-order valence-corrected chi connectivity index (χ2v) is 15.4. The Balaban J connectivity index is 1.52. The van der Waals surface area contributed by atoms with Crippen molar-refractivity contribution in [1.82, 2.24) is 26.4 Å². The van der Waals surface area contributed by atoms with Crippen molar-refractivity contribution in [3.63, 3.8) is 0 Å². The second-order valence-electron chi connectivity index (χ2n) is 15.4. The molecule has 1 aliphatic rings. The van der Waals surface area contributed by atoms with E-state index in [0.717, 1.165) is 12.0 Å². The van der Waals surface area contributed by atoms with Gasteiger partial charge in [0.05, 0.1) is 36.8 Å². The van der Waals surface area contributed by atoms with Crippen LogP contribution in [0.2, 0.25) is 0 Å². The third-order valence-corrected chi connectivity index (χ3v) is 9.54. The molecule has 0 saturated carbocycles. The number of nitrogens with zero attached hydrogens (tertiary/aromatic N) is 1. The number of rotatable bonds is 22. The van der Waals surface area contributed by atoms with Gasteiger partial charge in [0.2, 0.25) is 11.8 Å². The van der Waals surface area contributed by atoms with Gasteiger partial charge in [0.1, 0.15) is 11.4 Å². The summed E-state index contributed by atoms with van der Waals surface area (Å²) in [6.45, 7) is 18.8. The van der Waals surface area contributed by atoms with Gasteiger partial charge in [-0.2, -0.15) is 0 Å². The lowest BCUT2D eigenvalue weighted by molar-refractivity contribution is -0.126. The summed E-state index contributed by atoms with van der Waals surface area (Å²) in [7, 11) is 0. The monoisotopic (exact) mass is 713 g/mol. The van der Waals surface area contributed by atoms with Crippen molar-refractivity contribution in [2.45, 2.75) is 123 Å². The zero-order chi connectivity index (χ0) is 37.8. The van der Waals surface area contributed by atoms with Crippen molar-refractivity contribution in [1.29, 1.82) is 0 Å². The Morgan fingerprint density at radius 1 is 0.846 bits per heavy atom. The second kappa shape index (κ2) is 19.0. The largest absolute Gasteiger partial charge is 0.377 e. The number of amides is 2. The number of benzene rings is 2. The maximum atomic E-state index is 14.3. The van der Waals surface area contributed by atoms with Crippen LogP contribution in [0.15, 0.2) is 83.5 Å². The van der Waals surface area contributed by atoms with Gasteiger partial charge in [-0.3, -0.25) is 14.4 Å². The summed E-state index contributed by atoms with van der Waals surface area (Å²) in [5, 5.41) is 17.5. The fourth-order valence-electron chi connectivity index (χ4n) is 6.52.